The first-order valence-corrected chi connectivity index (χ1v) is 7.90. The van der Waals surface area contributed by atoms with Gasteiger partial charge in [0.05, 0.1) is 11.3 Å². The van der Waals surface area contributed by atoms with Gasteiger partial charge in [0, 0.05) is 18.8 Å². The van der Waals surface area contributed by atoms with Crippen molar-refractivity contribution in [1.82, 2.24) is 4.98 Å². The summed E-state index contributed by atoms with van der Waals surface area (Å²) in [5.41, 5.74) is 1.03. The fourth-order valence-corrected chi connectivity index (χ4v) is 2.76. The topological polar surface area (TPSA) is 33.2 Å². The predicted octanol–water partition coefficient (Wildman–Crippen LogP) is 5.10. The van der Waals surface area contributed by atoms with Crippen LogP contribution in [0.4, 0.5) is 18.9 Å². The van der Waals surface area contributed by atoms with Crippen LogP contribution in [0.1, 0.15) is 10.4 Å². The number of carbonyl (C=O) groups is 1. The average molecular weight is 377 g/mol. The predicted molar refractivity (Wildman–Crippen MR) is 93.7 cm³/mol. The molecule has 0 bridgehead atoms. The SMILES string of the molecule is CN(C(=O)c1cccnc1Cl)c1ccccc1-c1cc(F)c(F)c(F)c1. The van der Waals surface area contributed by atoms with Gasteiger partial charge in [0.1, 0.15) is 5.15 Å². The van der Waals surface area contributed by atoms with Crippen molar-refractivity contribution in [3.8, 4) is 11.1 Å². The maximum Gasteiger partial charge on any atom is 0.261 e. The van der Waals surface area contributed by atoms with Crippen LogP contribution in [0.3, 0.4) is 0 Å². The Bertz CT molecular complexity index is 971. The van der Waals surface area contributed by atoms with Crippen molar-refractivity contribution in [2.45, 2.75) is 0 Å². The molecular weight excluding hydrogens is 365 g/mol. The van der Waals surface area contributed by atoms with Gasteiger partial charge in [0.2, 0.25) is 0 Å². The number of benzene rings is 2. The molecule has 3 rings (SSSR count). The minimum atomic E-state index is -1.54. The van der Waals surface area contributed by atoms with E-state index in [9.17, 15) is 18.0 Å². The molecule has 0 radical (unpaired) electrons. The largest absolute Gasteiger partial charge is 0.311 e. The maximum atomic E-state index is 13.6. The van der Waals surface area contributed by atoms with Gasteiger partial charge in [0.25, 0.3) is 5.91 Å². The molecule has 0 aliphatic rings. The number of aromatic nitrogens is 1. The molecule has 0 fully saturated rings. The summed E-state index contributed by atoms with van der Waals surface area (Å²) in [4.78, 5) is 17.9. The molecule has 3 aromatic rings. The zero-order valence-corrected chi connectivity index (χ0v) is 14.3. The Balaban J connectivity index is 2.08. The molecule has 0 saturated heterocycles. The van der Waals surface area contributed by atoms with Crippen molar-refractivity contribution in [2.24, 2.45) is 0 Å². The first kappa shape index (κ1) is 17.9. The number of hydrogen-bond donors (Lipinski definition) is 0. The van der Waals surface area contributed by atoms with Crippen LogP contribution < -0.4 is 4.90 Å². The van der Waals surface area contributed by atoms with Crippen molar-refractivity contribution < 1.29 is 18.0 Å². The van der Waals surface area contributed by atoms with Crippen molar-refractivity contribution >= 4 is 23.2 Å². The highest BCUT2D eigenvalue weighted by Crippen LogP contribution is 2.33. The Hall–Kier alpha value is -2.86. The molecule has 26 heavy (non-hydrogen) atoms. The number of carbonyl (C=O) groups excluding carboxylic acids is 1. The Kier molecular flexibility index (Phi) is 4.95. The molecule has 7 heteroatoms. The van der Waals surface area contributed by atoms with E-state index in [-0.39, 0.29) is 16.3 Å². The molecule has 1 amide bonds. The average Bonchev–Trinajstić information content (AvgIpc) is 2.65. The van der Waals surface area contributed by atoms with Gasteiger partial charge in [-0.05, 0) is 35.9 Å². The Labute approximate surface area is 152 Å². The lowest BCUT2D eigenvalue weighted by atomic mass is 10.0. The lowest BCUT2D eigenvalue weighted by molar-refractivity contribution is 0.0993. The lowest BCUT2D eigenvalue weighted by Crippen LogP contribution is -2.27. The van der Waals surface area contributed by atoms with Crippen LogP contribution >= 0.6 is 11.6 Å². The number of nitrogens with zero attached hydrogens (tertiary/aromatic N) is 2. The van der Waals surface area contributed by atoms with Gasteiger partial charge in [-0.2, -0.15) is 0 Å². The van der Waals surface area contributed by atoms with E-state index in [4.69, 9.17) is 11.6 Å². The summed E-state index contributed by atoms with van der Waals surface area (Å²) < 4.78 is 40.5. The van der Waals surface area contributed by atoms with Crippen LogP contribution in [0.15, 0.2) is 54.7 Å². The molecular formula is C19H12ClF3N2O. The van der Waals surface area contributed by atoms with Crippen LogP contribution in [0.2, 0.25) is 5.15 Å². The maximum absolute atomic E-state index is 13.6. The van der Waals surface area contributed by atoms with Crippen LogP contribution in [-0.2, 0) is 0 Å². The van der Waals surface area contributed by atoms with E-state index in [0.717, 1.165) is 12.1 Å². The van der Waals surface area contributed by atoms with Crippen molar-refractivity contribution in [3.63, 3.8) is 0 Å². The lowest BCUT2D eigenvalue weighted by Gasteiger charge is -2.21. The molecule has 1 heterocycles. The van der Waals surface area contributed by atoms with Gasteiger partial charge in [-0.15, -0.1) is 0 Å². The third-order valence-corrected chi connectivity index (χ3v) is 4.16. The number of rotatable bonds is 3. The summed E-state index contributed by atoms with van der Waals surface area (Å²) in [6, 6.07) is 11.4. The highest BCUT2D eigenvalue weighted by Gasteiger charge is 2.21. The fraction of sp³-hybridized carbons (Fsp3) is 0.0526. The Morgan fingerprint density at radius 3 is 2.35 bits per heavy atom. The van der Waals surface area contributed by atoms with Gasteiger partial charge in [-0.1, -0.05) is 29.8 Å². The molecule has 0 aliphatic heterocycles. The number of amides is 1. The molecule has 2 aromatic carbocycles. The third kappa shape index (κ3) is 3.28. The highest BCUT2D eigenvalue weighted by molar-refractivity contribution is 6.33. The normalized spacial score (nSPS) is 10.7. The Morgan fingerprint density at radius 1 is 1.04 bits per heavy atom. The summed E-state index contributed by atoms with van der Waals surface area (Å²) in [5, 5.41) is 0.0423. The number of hydrogen-bond acceptors (Lipinski definition) is 2. The van der Waals surface area contributed by atoms with Gasteiger partial charge < -0.3 is 4.90 Å². The molecule has 0 unspecified atom stereocenters. The first-order valence-electron chi connectivity index (χ1n) is 7.52. The first-order chi connectivity index (χ1) is 12.4. The molecule has 0 saturated carbocycles. The quantitative estimate of drug-likeness (QED) is 0.471. The van der Waals surface area contributed by atoms with Gasteiger partial charge in [0.15, 0.2) is 17.5 Å². The molecule has 1 aromatic heterocycles. The second-order valence-corrected chi connectivity index (χ2v) is 5.83. The van der Waals surface area contributed by atoms with E-state index in [1.165, 1.54) is 24.2 Å². The van der Waals surface area contributed by atoms with E-state index in [2.05, 4.69) is 4.98 Å². The molecule has 0 N–H and O–H groups in total. The third-order valence-electron chi connectivity index (χ3n) is 3.85. The van der Waals surface area contributed by atoms with Crippen LogP contribution in [-0.4, -0.2) is 17.9 Å². The number of halogens is 4. The summed E-state index contributed by atoms with van der Waals surface area (Å²) in [7, 11) is 1.50. The van der Waals surface area contributed by atoms with Crippen LogP contribution in [0.5, 0.6) is 0 Å². The summed E-state index contributed by atoms with van der Waals surface area (Å²) in [6.45, 7) is 0. The second-order valence-electron chi connectivity index (χ2n) is 5.48. The summed E-state index contributed by atoms with van der Waals surface area (Å²) >= 11 is 5.97. The fourth-order valence-electron chi connectivity index (χ4n) is 2.56. The van der Waals surface area contributed by atoms with E-state index in [1.54, 1.807) is 30.3 Å². The Morgan fingerprint density at radius 2 is 1.69 bits per heavy atom. The molecule has 0 aliphatic carbocycles. The van der Waals surface area contributed by atoms with Gasteiger partial charge in [-0.25, -0.2) is 18.2 Å². The summed E-state index contributed by atoms with van der Waals surface area (Å²) in [6.07, 6.45) is 1.46. The van der Waals surface area contributed by atoms with Crippen molar-refractivity contribution in [1.29, 1.82) is 0 Å². The second kappa shape index (κ2) is 7.17. The zero-order chi connectivity index (χ0) is 18.8. The summed E-state index contributed by atoms with van der Waals surface area (Å²) in [5.74, 6) is -4.60. The standard InChI is InChI=1S/C19H12ClF3N2O/c1-25(19(26)13-6-4-8-24-18(13)20)16-7-3-2-5-12(16)11-9-14(21)17(23)15(22)10-11/h2-10H,1H3. The van der Waals surface area contributed by atoms with E-state index in [0.29, 0.717) is 11.3 Å². The minimum Gasteiger partial charge on any atom is -0.311 e. The number of anilines is 1. The minimum absolute atomic E-state index is 0.0423. The smallest absolute Gasteiger partial charge is 0.261 e. The highest BCUT2D eigenvalue weighted by atomic mass is 35.5. The van der Waals surface area contributed by atoms with Crippen molar-refractivity contribution in [3.05, 3.63) is 82.9 Å². The van der Waals surface area contributed by atoms with E-state index >= 15 is 0 Å². The monoisotopic (exact) mass is 376 g/mol. The molecule has 0 atom stereocenters. The van der Waals surface area contributed by atoms with Gasteiger partial charge >= 0.3 is 0 Å². The van der Waals surface area contributed by atoms with Crippen molar-refractivity contribution in [2.75, 3.05) is 11.9 Å². The van der Waals surface area contributed by atoms with Crippen LogP contribution in [0, 0.1) is 17.5 Å². The number of pyridine rings is 1. The van der Waals surface area contributed by atoms with Gasteiger partial charge in [-0.3, -0.25) is 4.79 Å². The number of para-hydroxylation sites is 1. The van der Waals surface area contributed by atoms with E-state index < -0.39 is 23.4 Å². The van der Waals surface area contributed by atoms with E-state index in [1.807, 2.05) is 0 Å². The zero-order valence-electron chi connectivity index (χ0n) is 13.5. The molecule has 3 nitrogen and oxygen atoms in total. The molecule has 132 valence electrons. The van der Waals surface area contributed by atoms with Crippen LogP contribution in [0.25, 0.3) is 11.1 Å². The molecule has 0 spiro atoms.